The second-order valence-electron chi connectivity index (χ2n) is 6.19. The van der Waals surface area contributed by atoms with Crippen molar-refractivity contribution < 1.29 is 13.9 Å². The summed E-state index contributed by atoms with van der Waals surface area (Å²) in [4.78, 5) is 0. The summed E-state index contributed by atoms with van der Waals surface area (Å²) in [5.41, 5.74) is -0.837. The van der Waals surface area contributed by atoms with Gasteiger partial charge in [-0.05, 0) is 37.0 Å². The van der Waals surface area contributed by atoms with Crippen LogP contribution in [-0.2, 0) is 5.41 Å². The average molecular weight is 290 g/mol. The van der Waals surface area contributed by atoms with E-state index in [2.05, 4.69) is 0 Å². The van der Waals surface area contributed by atoms with Gasteiger partial charge in [-0.1, -0.05) is 49.6 Å². The maximum Gasteiger partial charge on any atom is 0.159 e. The monoisotopic (exact) mass is 290 g/mol. The van der Waals surface area contributed by atoms with Gasteiger partial charge in [-0.25, -0.2) is 8.78 Å². The summed E-state index contributed by atoms with van der Waals surface area (Å²) in [5.74, 6) is -1.67. The quantitative estimate of drug-likeness (QED) is 0.855. The Morgan fingerprint density at radius 1 is 0.952 bits per heavy atom. The lowest BCUT2D eigenvalue weighted by Gasteiger charge is -2.49. The first-order valence-corrected chi connectivity index (χ1v) is 7.60. The lowest BCUT2D eigenvalue weighted by atomic mass is 9.58. The van der Waals surface area contributed by atoms with Crippen molar-refractivity contribution in [3.63, 3.8) is 0 Å². The molecule has 2 aliphatic carbocycles. The highest BCUT2D eigenvalue weighted by Gasteiger charge is 2.50. The van der Waals surface area contributed by atoms with Crippen LogP contribution in [0.4, 0.5) is 8.78 Å². The lowest BCUT2D eigenvalue weighted by molar-refractivity contribution is -0.0152. The molecule has 0 aliphatic heterocycles. The Hall–Kier alpha value is -1.48. The fraction of sp³-hybridized carbons (Fsp3) is 0.444. The van der Waals surface area contributed by atoms with Gasteiger partial charge in [0.05, 0.1) is 5.60 Å². The van der Waals surface area contributed by atoms with E-state index in [0.29, 0.717) is 12.0 Å². The van der Waals surface area contributed by atoms with Crippen LogP contribution in [-0.4, -0.2) is 10.7 Å². The van der Waals surface area contributed by atoms with Crippen molar-refractivity contribution >= 4 is 0 Å². The molecule has 0 heterocycles. The summed E-state index contributed by atoms with van der Waals surface area (Å²) >= 11 is 0. The Morgan fingerprint density at radius 3 is 2.33 bits per heavy atom. The molecule has 0 spiro atoms. The van der Waals surface area contributed by atoms with Gasteiger partial charge < -0.3 is 5.11 Å². The Kier molecular flexibility index (Phi) is 3.70. The number of halogens is 2. The van der Waals surface area contributed by atoms with E-state index in [0.717, 1.165) is 32.1 Å². The van der Waals surface area contributed by atoms with Crippen LogP contribution in [0.15, 0.2) is 42.5 Å². The van der Waals surface area contributed by atoms with Gasteiger partial charge in [-0.15, -0.1) is 0 Å². The van der Waals surface area contributed by atoms with Gasteiger partial charge in [0, 0.05) is 5.41 Å². The first-order chi connectivity index (χ1) is 10.1. The van der Waals surface area contributed by atoms with Crippen LogP contribution >= 0.6 is 0 Å². The Labute approximate surface area is 124 Å². The molecular weight excluding hydrogens is 270 g/mol. The minimum absolute atomic E-state index is 0.516. The summed E-state index contributed by atoms with van der Waals surface area (Å²) < 4.78 is 27.0. The predicted molar refractivity (Wildman–Crippen MR) is 79.0 cm³/mol. The minimum Gasteiger partial charge on any atom is -0.385 e. The molecule has 1 unspecified atom stereocenters. The summed E-state index contributed by atoms with van der Waals surface area (Å²) in [6.07, 6.45) is 12.8. The molecule has 0 radical (unpaired) electrons. The van der Waals surface area contributed by atoms with Gasteiger partial charge in [0.15, 0.2) is 11.6 Å². The zero-order chi connectivity index (χ0) is 14.9. The standard InChI is InChI=1S/C18H20F2O/c19-15-8-7-14(13-16(15)20)17(9-3-1-4-10-17)18(21)11-5-2-6-12-18/h2,5-8,11,13,21H,1,3-4,9-10,12H2. The Morgan fingerprint density at radius 2 is 1.71 bits per heavy atom. The number of aliphatic hydroxyl groups is 1. The van der Waals surface area contributed by atoms with Gasteiger partial charge in [0.1, 0.15) is 0 Å². The summed E-state index contributed by atoms with van der Waals surface area (Å²) in [7, 11) is 0. The molecule has 112 valence electrons. The molecule has 0 amide bonds. The molecule has 1 atom stereocenters. The van der Waals surface area contributed by atoms with Crippen LogP contribution in [0.5, 0.6) is 0 Å². The molecule has 1 aromatic carbocycles. The molecule has 3 heteroatoms. The van der Waals surface area contributed by atoms with Crippen LogP contribution in [0.3, 0.4) is 0 Å². The molecule has 0 saturated heterocycles. The smallest absolute Gasteiger partial charge is 0.159 e. The topological polar surface area (TPSA) is 20.2 Å². The van der Waals surface area contributed by atoms with Crippen LogP contribution in [0, 0.1) is 11.6 Å². The second-order valence-corrected chi connectivity index (χ2v) is 6.19. The Balaban J connectivity index is 2.10. The highest BCUT2D eigenvalue weighted by molar-refractivity contribution is 5.37. The van der Waals surface area contributed by atoms with Crippen molar-refractivity contribution in [3.8, 4) is 0 Å². The molecule has 2 aliphatic rings. The van der Waals surface area contributed by atoms with E-state index in [-0.39, 0.29) is 0 Å². The van der Waals surface area contributed by atoms with E-state index >= 15 is 0 Å². The van der Waals surface area contributed by atoms with Gasteiger partial charge in [-0.2, -0.15) is 0 Å². The SMILES string of the molecule is OC1(C2(c3ccc(F)c(F)c3)CCCCC2)C=CC=CC1. The van der Waals surface area contributed by atoms with E-state index in [9.17, 15) is 13.9 Å². The van der Waals surface area contributed by atoms with Crippen LogP contribution < -0.4 is 0 Å². The zero-order valence-corrected chi connectivity index (χ0v) is 12.0. The normalized spacial score (nSPS) is 27.8. The maximum absolute atomic E-state index is 13.7. The van der Waals surface area contributed by atoms with Crippen molar-refractivity contribution in [3.05, 3.63) is 59.7 Å². The minimum atomic E-state index is -1.02. The maximum atomic E-state index is 13.7. The second kappa shape index (κ2) is 5.38. The van der Waals surface area contributed by atoms with Gasteiger partial charge >= 0.3 is 0 Å². The van der Waals surface area contributed by atoms with Gasteiger partial charge in [0.2, 0.25) is 0 Å². The van der Waals surface area contributed by atoms with E-state index in [1.165, 1.54) is 12.1 Å². The third-order valence-electron chi connectivity index (χ3n) is 5.06. The molecule has 0 aromatic heterocycles. The highest BCUT2D eigenvalue weighted by Crippen LogP contribution is 2.50. The van der Waals surface area contributed by atoms with Crippen LogP contribution in [0.2, 0.25) is 0 Å². The zero-order valence-electron chi connectivity index (χ0n) is 12.0. The van der Waals surface area contributed by atoms with Crippen molar-refractivity contribution in [1.29, 1.82) is 0 Å². The molecule has 1 saturated carbocycles. The van der Waals surface area contributed by atoms with E-state index < -0.39 is 22.7 Å². The van der Waals surface area contributed by atoms with Crippen molar-refractivity contribution in [2.45, 2.75) is 49.5 Å². The molecule has 3 rings (SSSR count). The third kappa shape index (κ3) is 2.34. The first kappa shape index (κ1) is 14.5. The third-order valence-corrected chi connectivity index (χ3v) is 5.06. The summed E-state index contributed by atoms with van der Waals surface area (Å²) in [6, 6.07) is 4.07. The van der Waals surface area contributed by atoms with Crippen LogP contribution in [0.1, 0.15) is 44.1 Å². The first-order valence-electron chi connectivity index (χ1n) is 7.60. The number of benzene rings is 1. The summed E-state index contributed by atoms with van der Waals surface area (Å²) in [5, 5.41) is 11.2. The van der Waals surface area contributed by atoms with Crippen molar-refractivity contribution in [1.82, 2.24) is 0 Å². The number of hydrogen-bond donors (Lipinski definition) is 1. The van der Waals surface area contributed by atoms with Crippen molar-refractivity contribution in [2.24, 2.45) is 0 Å². The molecule has 21 heavy (non-hydrogen) atoms. The molecule has 0 bridgehead atoms. The molecule has 1 nitrogen and oxygen atoms in total. The fourth-order valence-electron chi connectivity index (χ4n) is 3.88. The predicted octanol–water partition coefficient (Wildman–Crippen LogP) is 4.41. The molecule has 1 aromatic rings. The largest absolute Gasteiger partial charge is 0.385 e. The fourth-order valence-corrected chi connectivity index (χ4v) is 3.88. The average Bonchev–Trinajstić information content (AvgIpc) is 2.51. The van der Waals surface area contributed by atoms with Gasteiger partial charge in [-0.3, -0.25) is 0 Å². The van der Waals surface area contributed by atoms with Crippen molar-refractivity contribution in [2.75, 3.05) is 0 Å². The van der Waals surface area contributed by atoms with E-state index in [1.54, 1.807) is 6.07 Å². The van der Waals surface area contributed by atoms with Crippen LogP contribution in [0.25, 0.3) is 0 Å². The highest BCUT2D eigenvalue weighted by atomic mass is 19.2. The number of rotatable bonds is 2. The molecular formula is C18H20F2O. The van der Waals surface area contributed by atoms with E-state index in [4.69, 9.17) is 0 Å². The summed E-state index contributed by atoms with van der Waals surface area (Å²) in [6.45, 7) is 0. The molecule has 1 fully saturated rings. The number of allylic oxidation sites excluding steroid dienone is 2. The molecule has 1 N–H and O–H groups in total. The van der Waals surface area contributed by atoms with Gasteiger partial charge in [0.25, 0.3) is 0 Å². The Bertz CT molecular complexity index is 585. The lowest BCUT2D eigenvalue weighted by Crippen LogP contribution is -2.52. The number of hydrogen-bond acceptors (Lipinski definition) is 1. The van der Waals surface area contributed by atoms with E-state index in [1.807, 2.05) is 24.3 Å².